The number of halogens is 1. The van der Waals surface area contributed by atoms with Crippen LogP contribution in [0, 0.1) is 5.82 Å². The molecule has 0 fully saturated rings. The molecule has 1 aromatic carbocycles. The van der Waals surface area contributed by atoms with Crippen LogP contribution < -0.4 is 10.5 Å². The Hall–Kier alpha value is -2.11. The Morgan fingerprint density at radius 1 is 1.41 bits per heavy atom. The van der Waals surface area contributed by atoms with E-state index < -0.39 is 0 Å². The normalized spacial score (nSPS) is 10.5. The van der Waals surface area contributed by atoms with Gasteiger partial charge in [0.1, 0.15) is 17.4 Å². The molecule has 0 unspecified atom stereocenters. The lowest BCUT2D eigenvalue weighted by atomic mass is 10.1. The van der Waals surface area contributed by atoms with Gasteiger partial charge in [-0.3, -0.25) is 5.10 Å². The van der Waals surface area contributed by atoms with Gasteiger partial charge >= 0.3 is 0 Å². The van der Waals surface area contributed by atoms with Gasteiger partial charge in [-0.2, -0.15) is 4.98 Å². The molecule has 0 bridgehead atoms. The molecule has 6 heteroatoms. The van der Waals surface area contributed by atoms with E-state index in [0.717, 1.165) is 0 Å². The Kier molecular flexibility index (Phi) is 3.22. The van der Waals surface area contributed by atoms with Crippen LogP contribution in [0.5, 0.6) is 5.75 Å². The van der Waals surface area contributed by atoms with Gasteiger partial charge in [0.2, 0.25) is 5.95 Å². The standard InChI is InChI=1S/C11H13FN4O/c1-17-8-4-2-7(9(12)6-8)3-5-10-14-11(13)16-15-10/h2,4,6H,3,5H2,1H3,(H3,13,14,15,16). The van der Waals surface area contributed by atoms with Crippen LogP contribution in [0.15, 0.2) is 18.2 Å². The number of aromatic nitrogens is 3. The maximum Gasteiger partial charge on any atom is 0.239 e. The van der Waals surface area contributed by atoms with Crippen molar-refractivity contribution in [1.29, 1.82) is 0 Å². The number of nitrogens with one attached hydrogen (secondary N) is 1. The predicted octanol–water partition coefficient (Wildman–Crippen LogP) is 1.32. The van der Waals surface area contributed by atoms with Crippen molar-refractivity contribution in [2.75, 3.05) is 12.8 Å². The number of hydrogen-bond acceptors (Lipinski definition) is 4. The third-order valence-electron chi connectivity index (χ3n) is 2.44. The Bertz CT molecular complexity index is 512. The zero-order valence-electron chi connectivity index (χ0n) is 9.40. The van der Waals surface area contributed by atoms with E-state index in [1.807, 2.05) is 0 Å². The summed E-state index contributed by atoms with van der Waals surface area (Å²) in [4.78, 5) is 3.95. The van der Waals surface area contributed by atoms with E-state index in [0.29, 0.717) is 30.0 Å². The third-order valence-corrected chi connectivity index (χ3v) is 2.44. The third kappa shape index (κ3) is 2.72. The molecule has 0 aliphatic rings. The number of methoxy groups -OCH3 is 1. The van der Waals surface area contributed by atoms with Gasteiger partial charge in [-0.1, -0.05) is 6.07 Å². The number of hydrogen-bond donors (Lipinski definition) is 2. The lowest BCUT2D eigenvalue weighted by Gasteiger charge is -2.04. The lowest BCUT2D eigenvalue weighted by Crippen LogP contribution is -1.97. The first-order valence-corrected chi connectivity index (χ1v) is 5.18. The average Bonchev–Trinajstić information content (AvgIpc) is 2.73. The van der Waals surface area contributed by atoms with E-state index in [2.05, 4.69) is 15.2 Å². The highest BCUT2D eigenvalue weighted by Gasteiger charge is 2.06. The average molecular weight is 236 g/mol. The first kappa shape index (κ1) is 11.4. The zero-order valence-corrected chi connectivity index (χ0v) is 9.40. The van der Waals surface area contributed by atoms with Gasteiger partial charge in [0.15, 0.2) is 0 Å². The fraction of sp³-hybridized carbons (Fsp3) is 0.273. The Morgan fingerprint density at radius 3 is 2.82 bits per heavy atom. The van der Waals surface area contributed by atoms with Crippen LogP contribution in [-0.2, 0) is 12.8 Å². The second-order valence-electron chi connectivity index (χ2n) is 3.60. The van der Waals surface area contributed by atoms with Gasteiger partial charge in [0.05, 0.1) is 7.11 Å². The molecular formula is C11H13FN4O. The van der Waals surface area contributed by atoms with E-state index >= 15 is 0 Å². The fourth-order valence-corrected chi connectivity index (χ4v) is 1.53. The van der Waals surface area contributed by atoms with Crippen LogP contribution in [0.1, 0.15) is 11.4 Å². The first-order chi connectivity index (χ1) is 8.19. The number of ether oxygens (including phenoxy) is 1. The highest BCUT2D eigenvalue weighted by atomic mass is 19.1. The number of H-pyrrole nitrogens is 1. The topological polar surface area (TPSA) is 76.8 Å². The van der Waals surface area contributed by atoms with E-state index in [1.165, 1.54) is 13.2 Å². The minimum atomic E-state index is -0.281. The Balaban J connectivity index is 2.04. The number of aromatic amines is 1. The second kappa shape index (κ2) is 4.82. The molecule has 2 aromatic rings. The summed E-state index contributed by atoms with van der Waals surface area (Å²) in [5.74, 6) is 1.08. The molecule has 0 saturated carbocycles. The highest BCUT2D eigenvalue weighted by Crippen LogP contribution is 2.17. The smallest absolute Gasteiger partial charge is 0.239 e. The van der Waals surface area contributed by atoms with Crippen molar-refractivity contribution in [3.05, 3.63) is 35.4 Å². The molecular weight excluding hydrogens is 223 g/mol. The van der Waals surface area contributed by atoms with E-state index in [-0.39, 0.29) is 11.8 Å². The first-order valence-electron chi connectivity index (χ1n) is 5.18. The number of nitrogens with zero attached hydrogens (tertiary/aromatic N) is 2. The van der Waals surface area contributed by atoms with Crippen LogP contribution in [0.25, 0.3) is 0 Å². The maximum atomic E-state index is 13.6. The summed E-state index contributed by atoms with van der Waals surface area (Å²) in [6.45, 7) is 0. The van der Waals surface area contributed by atoms with E-state index in [4.69, 9.17) is 10.5 Å². The number of nitrogens with two attached hydrogens (primary N) is 1. The summed E-state index contributed by atoms with van der Waals surface area (Å²) in [6, 6.07) is 4.80. The number of rotatable bonds is 4. The second-order valence-corrected chi connectivity index (χ2v) is 3.60. The van der Waals surface area contributed by atoms with Gasteiger partial charge in [-0.05, 0) is 18.1 Å². The predicted molar refractivity (Wildman–Crippen MR) is 61.2 cm³/mol. The summed E-state index contributed by atoms with van der Waals surface area (Å²) < 4.78 is 18.5. The quantitative estimate of drug-likeness (QED) is 0.839. The van der Waals surface area contributed by atoms with Crippen LogP contribution in [0.4, 0.5) is 10.3 Å². The molecule has 3 N–H and O–H groups in total. The minimum absolute atomic E-state index is 0.204. The van der Waals surface area contributed by atoms with Crippen LogP contribution in [-0.4, -0.2) is 22.3 Å². The van der Waals surface area contributed by atoms with Crippen LogP contribution >= 0.6 is 0 Å². The lowest BCUT2D eigenvalue weighted by molar-refractivity contribution is 0.410. The van der Waals surface area contributed by atoms with Crippen molar-refractivity contribution in [3.63, 3.8) is 0 Å². The summed E-state index contributed by atoms with van der Waals surface area (Å²) >= 11 is 0. The molecule has 90 valence electrons. The Labute approximate surface area is 97.8 Å². The summed E-state index contributed by atoms with van der Waals surface area (Å²) in [7, 11) is 1.51. The fourth-order valence-electron chi connectivity index (χ4n) is 1.53. The van der Waals surface area contributed by atoms with Gasteiger partial charge < -0.3 is 10.5 Å². The summed E-state index contributed by atoms with van der Waals surface area (Å²) in [5, 5.41) is 6.39. The molecule has 0 aliphatic heterocycles. The monoisotopic (exact) mass is 236 g/mol. The van der Waals surface area contributed by atoms with Crippen molar-refractivity contribution in [1.82, 2.24) is 15.2 Å². The van der Waals surface area contributed by atoms with E-state index in [9.17, 15) is 4.39 Å². The van der Waals surface area contributed by atoms with Gasteiger partial charge in [-0.25, -0.2) is 4.39 Å². The van der Waals surface area contributed by atoms with Crippen molar-refractivity contribution >= 4 is 5.95 Å². The molecule has 0 atom stereocenters. The Morgan fingerprint density at radius 2 is 2.24 bits per heavy atom. The molecule has 0 saturated heterocycles. The maximum absolute atomic E-state index is 13.6. The van der Waals surface area contributed by atoms with Gasteiger partial charge in [0.25, 0.3) is 0 Å². The van der Waals surface area contributed by atoms with Gasteiger partial charge in [0, 0.05) is 12.5 Å². The van der Waals surface area contributed by atoms with Crippen LogP contribution in [0.3, 0.4) is 0 Å². The van der Waals surface area contributed by atoms with Crippen molar-refractivity contribution in [2.45, 2.75) is 12.8 Å². The van der Waals surface area contributed by atoms with E-state index in [1.54, 1.807) is 12.1 Å². The molecule has 0 spiro atoms. The SMILES string of the molecule is COc1ccc(CCc2nc(N)n[nH]2)c(F)c1. The molecule has 17 heavy (non-hydrogen) atoms. The van der Waals surface area contributed by atoms with Crippen LogP contribution in [0.2, 0.25) is 0 Å². The molecule has 1 aromatic heterocycles. The zero-order chi connectivity index (χ0) is 12.3. The molecule has 0 radical (unpaired) electrons. The van der Waals surface area contributed by atoms with Crippen molar-refractivity contribution in [2.24, 2.45) is 0 Å². The summed E-state index contributed by atoms with van der Waals surface area (Å²) in [5.41, 5.74) is 5.98. The molecule has 2 rings (SSSR count). The minimum Gasteiger partial charge on any atom is -0.497 e. The summed E-state index contributed by atoms with van der Waals surface area (Å²) in [6.07, 6.45) is 1.10. The van der Waals surface area contributed by atoms with Crippen molar-refractivity contribution < 1.29 is 9.13 Å². The van der Waals surface area contributed by atoms with Crippen molar-refractivity contribution in [3.8, 4) is 5.75 Å². The number of nitrogen functional groups attached to an aromatic ring is 1. The number of aryl methyl sites for hydroxylation is 2. The molecule has 0 aliphatic carbocycles. The molecule has 1 heterocycles. The number of benzene rings is 1. The molecule has 0 amide bonds. The largest absolute Gasteiger partial charge is 0.497 e. The number of anilines is 1. The molecule has 5 nitrogen and oxygen atoms in total. The van der Waals surface area contributed by atoms with Gasteiger partial charge in [-0.15, -0.1) is 5.10 Å². The highest BCUT2D eigenvalue weighted by molar-refractivity contribution is 5.29.